The largest absolute Gasteiger partial charge is 0.302 e. The first-order chi connectivity index (χ1) is 9.53. The molecule has 1 aromatic rings. The summed E-state index contributed by atoms with van der Waals surface area (Å²) in [5, 5.41) is 0.590. The van der Waals surface area contributed by atoms with Crippen LogP contribution in [0.15, 0.2) is 29.2 Å². The third-order valence-electron chi connectivity index (χ3n) is 4.12. The van der Waals surface area contributed by atoms with Crippen molar-refractivity contribution in [3.8, 4) is 0 Å². The highest BCUT2D eigenvalue weighted by Crippen LogP contribution is 2.48. The minimum atomic E-state index is -3.82. The van der Waals surface area contributed by atoms with Gasteiger partial charge in [-0.1, -0.05) is 18.2 Å². The molecule has 6 heteroatoms. The minimum Gasteiger partial charge on any atom is -0.302 e. The molecule has 20 heavy (non-hydrogen) atoms. The normalized spacial score (nSPS) is 26.2. The van der Waals surface area contributed by atoms with E-state index in [1.165, 1.54) is 10.5 Å². The zero-order valence-corrected chi connectivity index (χ0v) is 12.9. The predicted octanol–water partition coefficient (Wildman–Crippen LogP) is 2.23. The number of benzene rings is 1. The Morgan fingerprint density at radius 2 is 2.15 bits per heavy atom. The van der Waals surface area contributed by atoms with Crippen molar-refractivity contribution in [2.75, 3.05) is 25.4 Å². The van der Waals surface area contributed by atoms with E-state index in [-0.39, 0.29) is 5.75 Å². The van der Waals surface area contributed by atoms with Crippen molar-refractivity contribution >= 4 is 21.9 Å². The van der Waals surface area contributed by atoms with E-state index in [4.69, 9.17) is 4.55 Å². The van der Waals surface area contributed by atoms with Gasteiger partial charge in [0.1, 0.15) is 0 Å². The second-order valence-electron chi connectivity index (χ2n) is 5.53. The van der Waals surface area contributed by atoms with Gasteiger partial charge in [-0.2, -0.15) is 8.42 Å². The number of hydrogen-bond acceptors (Lipinski definition) is 4. The summed E-state index contributed by atoms with van der Waals surface area (Å²) in [5.74, 6) is 0.513. The summed E-state index contributed by atoms with van der Waals surface area (Å²) in [6.07, 6.45) is 1.65. The Labute approximate surface area is 124 Å². The summed E-state index contributed by atoms with van der Waals surface area (Å²) in [4.78, 5) is 3.73. The predicted molar refractivity (Wildman–Crippen MR) is 80.9 cm³/mol. The van der Waals surface area contributed by atoms with Crippen LogP contribution in [0.5, 0.6) is 0 Å². The molecule has 110 valence electrons. The van der Waals surface area contributed by atoms with Gasteiger partial charge in [0, 0.05) is 16.7 Å². The Morgan fingerprint density at radius 3 is 2.95 bits per heavy atom. The summed E-state index contributed by atoms with van der Waals surface area (Å²) < 4.78 is 30.2. The van der Waals surface area contributed by atoms with Crippen LogP contribution in [0, 0.1) is 0 Å². The first kappa shape index (κ1) is 14.4. The molecule has 0 aliphatic carbocycles. The molecule has 4 nitrogen and oxygen atoms in total. The number of nitrogens with zero attached hydrogens (tertiary/aromatic N) is 1. The molecule has 3 rings (SSSR count). The monoisotopic (exact) mass is 313 g/mol. The van der Waals surface area contributed by atoms with Crippen molar-refractivity contribution in [3.05, 3.63) is 29.8 Å². The highest BCUT2D eigenvalue weighted by molar-refractivity contribution is 8.00. The second-order valence-corrected chi connectivity index (χ2v) is 8.38. The first-order valence-corrected chi connectivity index (χ1v) is 9.45. The molecule has 1 saturated heterocycles. The molecule has 1 fully saturated rings. The number of fused-ring (bicyclic) bond motifs is 3. The van der Waals surface area contributed by atoms with Crippen LogP contribution in [-0.2, 0) is 10.1 Å². The highest BCUT2D eigenvalue weighted by atomic mass is 32.2. The molecule has 0 radical (unpaired) electrons. The van der Waals surface area contributed by atoms with Gasteiger partial charge >= 0.3 is 0 Å². The van der Waals surface area contributed by atoms with Crippen molar-refractivity contribution in [2.45, 2.75) is 28.9 Å². The molecule has 2 aliphatic rings. The van der Waals surface area contributed by atoms with Gasteiger partial charge < -0.3 is 4.90 Å². The fourth-order valence-corrected chi connectivity index (χ4v) is 5.25. The molecule has 0 amide bonds. The number of thioether (sulfide) groups is 1. The molecule has 0 saturated carbocycles. The van der Waals surface area contributed by atoms with E-state index in [2.05, 4.69) is 29.2 Å². The van der Waals surface area contributed by atoms with Gasteiger partial charge in [-0.25, -0.2) is 0 Å². The van der Waals surface area contributed by atoms with E-state index >= 15 is 0 Å². The summed E-state index contributed by atoms with van der Waals surface area (Å²) in [5.41, 5.74) is 1.49. The van der Waals surface area contributed by atoms with Crippen molar-refractivity contribution in [2.24, 2.45) is 0 Å². The lowest BCUT2D eigenvalue weighted by molar-refractivity contribution is 0.220. The van der Waals surface area contributed by atoms with Crippen molar-refractivity contribution in [1.29, 1.82) is 0 Å². The van der Waals surface area contributed by atoms with Crippen LogP contribution in [0.1, 0.15) is 24.3 Å². The smallest absolute Gasteiger partial charge is 0.264 e. The summed E-state index contributed by atoms with van der Waals surface area (Å²) in [7, 11) is -3.82. The lowest BCUT2D eigenvalue weighted by Gasteiger charge is -2.34. The number of piperidine rings is 1. The van der Waals surface area contributed by atoms with E-state index < -0.39 is 10.1 Å². The molecular formula is C14H19NO3S2. The lowest BCUT2D eigenvalue weighted by Crippen LogP contribution is -2.40. The topological polar surface area (TPSA) is 57.6 Å². The second kappa shape index (κ2) is 5.67. The van der Waals surface area contributed by atoms with Crippen molar-refractivity contribution < 1.29 is 13.0 Å². The molecule has 2 heterocycles. The molecule has 0 bridgehead atoms. The first-order valence-electron chi connectivity index (χ1n) is 6.96. The third-order valence-corrected chi connectivity index (χ3v) is 6.33. The maximum Gasteiger partial charge on any atom is 0.264 e. The Hall–Kier alpha value is -0.560. The van der Waals surface area contributed by atoms with Crippen LogP contribution in [0.3, 0.4) is 0 Å². The Morgan fingerprint density at radius 1 is 1.35 bits per heavy atom. The van der Waals surface area contributed by atoms with Gasteiger partial charge in [0.25, 0.3) is 10.1 Å². The van der Waals surface area contributed by atoms with Crippen LogP contribution in [-0.4, -0.2) is 48.5 Å². The zero-order valence-electron chi connectivity index (χ0n) is 11.2. The van der Waals surface area contributed by atoms with Gasteiger partial charge in [-0.15, -0.1) is 11.8 Å². The maximum atomic E-state index is 10.7. The fourth-order valence-electron chi connectivity index (χ4n) is 3.19. The molecular weight excluding hydrogens is 294 g/mol. The van der Waals surface area contributed by atoms with E-state index in [1.807, 2.05) is 11.8 Å². The summed E-state index contributed by atoms with van der Waals surface area (Å²) in [6, 6.07) is 8.63. The standard InChI is InChI=1S/C14H19NO3S2/c16-20(17,18)9-3-7-15-8-6-12-11-4-1-2-5-13(11)19-14(12)10-15/h1-2,4-5,12,14H,3,6-10H2,(H,16,17,18). The third kappa shape index (κ3) is 3.19. The number of rotatable bonds is 4. The number of hydrogen-bond donors (Lipinski definition) is 1. The van der Waals surface area contributed by atoms with E-state index in [1.54, 1.807) is 0 Å². The van der Waals surface area contributed by atoms with E-state index in [0.29, 0.717) is 17.6 Å². The average molecular weight is 313 g/mol. The van der Waals surface area contributed by atoms with Crippen LogP contribution in [0.2, 0.25) is 0 Å². The SMILES string of the molecule is O=S(=O)(O)CCCN1CCC2c3ccccc3SC2C1. The van der Waals surface area contributed by atoms with Crippen LogP contribution in [0.25, 0.3) is 0 Å². The quantitative estimate of drug-likeness (QED) is 0.864. The van der Waals surface area contributed by atoms with Gasteiger partial charge in [0.05, 0.1) is 5.75 Å². The van der Waals surface area contributed by atoms with Crippen molar-refractivity contribution in [1.82, 2.24) is 4.90 Å². The highest BCUT2D eigenvalue weighted by Gasteiger charge is 2.37. The van der Waals surface area contributed by atoms with Crippen LogP contribution < -0.4 is 0 Å². The Balaban J connectivity index is 1.56. The van der Waals surface area contributed by atoms with Gasteiger partial charge in [0.15, 0.2) is 0 Å². The van der Waals surface area contributed by atoms with Crippen molar-refractivity contribution in [3.63, 3.8) is 0 Å². The molecule has 2 aliphatic heterocycles. The van der Waals surface area contributed by atoms with E-state index in [0.717, 1.165) is 26.1 Å². The van der Waals surface area contributed by atoms with Gasteiger partial charge in [-0.05, 0) is 43.5 Å². The van der Waals surface area contributed by atoms with Gasteiger partial charge in [0.2, 0.25) is 0 Å². The summed E-state index contributed by atoms with van der Waals surface area (Å²) in [6.45, 7) is 2.77. The fraction of sp³-hybridized carbons (Fsp3) is 0.571. The summed E-state index contributed by atoms with van der Waals surface area (Å²) >= 11 is 1.95. The molecule has 0 spiro atoms. The Kier molecular flexibility index (Phi) is 4.08. The maximum absolute atomic E-state index is 10.7. The molecule has 1 aromatic carbocycles. The van der Waals surface area contributed by atoms with Crippen LogP contribution in [0.4, 0.5) is 0 Å². The lowest BCUT2D eigenvalue weighted by atomic mass is 9.89. The zero-order chi connectivity index (χ0) is 14.2. The average Bonchev–Trinajstić information content (AvgIpc) is 2.74. The molecule has 2 atom stereocenters. The number of likely N-dealkylation sites (tertiary alicyclic amines) is 1. The molecule has 2 unspecified atom stereocenters. The van der Waals surface area contributed by atoms with Gasteiger partial charge in [-0.3, -0.25) is 4.55 Å². The molecule has 0 aromatic heterocycles. The molecule has 1 N–H and O–H groups in total. The van der Waals surface area contributed by atoms with Crippen LogP contribution >= 0.6 is 11.8 Å². The van der Waals surface area contributed by atoms with E-state index in [9.17, 15) is 8.42 Å². The minimum absolute atomic E-state index is 0.134. The Bertz CT molecular complexity index is 588.